The van der Waals surface area contributed by atoms with Gasteiger partial charge in [-0.3, -0.25) is 0 Å². The average molecular weight is 324 g/mol. The van der Waals surface area contributed by atoms with Crippen LogP contribution in [0.3, 0.4) is 0 Å². The smallest absolute Gasteiger partial charge is 0.134 e. The molecule has 3 rings (SSSR count). The van der Waals surface area contributed by atoms with E-state index in [0.29, 0.717) is 33.2 Å². The summed E-state index contributed by atoms with van der Waals surface area (Å²) >= 11 is 5.95. The molecule has 4 heteroatoms. The molecule has 0 aliphatic heterocycles. The first kappa shape index (κ1) is 15.1. The van der Waals surface area contributed by atoms with Crippen LogP contribution in [0.15, 0.2) is 65.1 Å². The molecule has 2 nitrogen and oxygen atoms in total. The van der Waals surface area contributed by atoms with E-state index in [1.165, 1.54) is 12.1 Å². The van der Waals surface area contributed by atoms with E-state index in [-0.39, 0.29) is 5.82 Å². The summed E-state index contributed by atoms with van der Waals surface area (Å²) in [5.74, 6) is 0.729. The van der Waals surface area contributed by atoms with Crippen molar-refractivity contribution in [3.05, 3.63) is 82.8 Å². The third kappa shape index (κ3) is 3.50. The molecule has 0 amide bonds. The summed E-state index contributed by atoms with van der Waals surface area (Å²) in [6, 6.07) is 18.8. The van der Waals surface area contributed by atoms with Crippen molar-refractivity contribution in [3.63, 3.8) is 0 Å². The molecule has 3 aromatic rings. The topological polar surface area (TPSA) is 36.9 Å². The summed E-state index contributed by atoms with van der Waals surface area (Å²) in [4.78, 5) is 0. The van der Waals surface area contributed by atoms with Gasteiger partial charge in [-0.05, 0) is 48.0 Å². The summed E-state index contributed by atoms with van der Waals surface area (Å²) in [5, 5.41) is 9.90. The summed E-state index contributed by atoms with van der Waals surface area (Å²) in [7, 11) is 0. The highest BCUT2D eigenvalue weighted by atomic mass is 35.5. The van der Waals surface area contributed by atoms with Crippen molar-refractivity contribution in [3.8, 4) is 17.4 Å². The minimum absolute atomic E-state index is 0.326. The fraction of sp³-hybridized carbons (Fsp3) is 0. The molecule has 1 aromatic heterocycles. The fourth-order valence-electron chi connectivity index (χ4n) is 2.21. The third-order valence-electron chi connectivity index (χ3n) is 3.28. The van der Waals surface area contributed by atoms with E-state index in [2.05, 4.69) is 6.07 Å². The Bertz CT molecular complexity index is 921. The zero-order chi connectivity index (χ0) is 16.2. The molecule has 0 saturated heterocycles. The van der Waals surface area contributed by atoms with E-state index in [1.807, 2.05) is 0 Å². The second kappa shape index (κ2) is 6.51. The van der Waals surface area contributed by atoms with Crippen molar-refractivity contribution in [1.82, 2.24) is 0 Å². The van der Waals surface area contributed by atoms with Crippen LogP contribution in [0.5, 0.6) is 0 Å². The lowest BCUT2D eigenvalue weighted by Gasteiger charge is -1.99. The lowest BCUT2D eigenvalue weighted by Crippen LogP contribution is -1.81. The molecule has 0 unspecified atom stereocenters. The fourth-order valence-corrected chi connectivity index (χ4v) is 2.40. The van der Waals surface area contributed by atoms with Gasteiger partial charge in [-0.1, -0.05) is 35.9 Å². The van der Waals surface area contributed by atoms with Crippen molar-refractivity contribution in [1.29, 1.82) is 5.26 Å². The maximum atomic E-state index is 13.3. The second-order valence-electron chi connectivity index (χ2n) is 4.89. The van der Waals surface area contributed by atoms with Gasteiger partial charge >= 0.3 is 0 Å². The number of rotatable bonds is 3. The van der Waals surface area contributed by atoms with Crippen LogP contribution in [0.4, 0.5) is 4.39 Å². The van der Waals surface area contributed by atoms with Gasteiger partial charge in [-0.15, -0.1) is 0 Å². The first-order valence-electron chi connectivity index (χ1n) is 6.89. The SMILES string of the molecule is N#C/C(=C/c1ccc(-c2cccc(F)c2)o1)c1cccc(Cl)c1. The van der Waals surface area contributed by atoms with Gasteiger partial charge in [0.05, 0.1) is 11.6 Å². The molecule has 112 valence electrons. The number of furan rings is 1. The van der Waals surface area contributed by atoms with Gasteiger partial charge in [0.1, 0.15) is 17.3 Å². The molecule has 0 aliphatic rings. The van der Waals surface area contributed by atoms with E-state index >= 15 is 0 Å². The van der Waals surface area contributed by atoms with E-state index in [9.17, 15) is 9.65 Å². The van der Waals surface area contributed by atoms with E-state index in [1.54, 1.807) is 54.6 Å². The summed E-state index contributed by atoms with van der Waals surface area (Å²) < 4.78 is 19.0. The van der Waals surface area contributed by atoms with Crippen LogP contribution >= 0.6 is 11.6 Å². The number of hydrogen-bond acceptors (Lipinski definition) is 2. The Labute approximate surface area is 138 Å². The van der Waals surface area contributed by atoms with Crippen molar-refractivity contribution >= 4 is 23.3 Å². The molecule has 23 heavy (non-hydrogen) atoms. The minimum Gasteiger partial charge on any atom is -0.457 e. The summed E-state index contributed by atoms with van der Waals surface area (Å²) in [5.41, 5.74) is 1.79. The molecule has 2 aromatic carbocycles. The number of nitrogens with zero attached hydrogens (tertiary/aromatic N) is 1. The largest absolute Gasteiger partial charge is 0.457 e. The molecule has 0 bridgehead atoms. The molecule has 0 aliphatic carbocycles. The highest BCUT2D eigenvalue weighted by molar-refractivity contribution is 6.30. The average Bonchev–Trinajstić information content (AvgIpc) is 3.01. The van der Waals surface area contributed by atoms with Gasteiger partial charge in [0.15, 0.2) is 0 Å². The summed E-state index contributed by atoms with van der Waals surface area (Å²) in [6.07, 6.45) is 1.63. The number of nitriles is 1. The molecule has 0 N–H and O–H groups in total. The quantitative estimate of drug-likeness (QED) is 0.571. The Kier molecular flexibility index (Phi) is 4.27. The number of hydrogen-bond donors (Lipinski definition) is 0. The van der Waals surface area contributed by atoms with E-state index in [4.69, 9.17) is 16.0 Å². The van der Waals surface area contributed by atoms with Crippen LogP contribution in [0.25, 0.3) is 23.0 Å². The van der Waals surface area contributed by atoms with E-state index < -0.39 is 0 Å². The Morgan fingerprint density at radius 1 is 1.09 bits per heavy atom. The molecule has 0 fully saturated rings. The van der Waals surface area contributed by atoms with Gasteiger partial charge in [-0.25, -0.2) is 4.39 Å². The van der Waals surface area contributed by atoms with Crippen molar-refractivity contribution in [2.75, 3.05) is 0 Å². The molecule has 0 radical (unpaired) electrons. The highest BCUT2D eigenvalue weighted by Crippen LogP contribution is 2.26. The zero-order valence-corrected chi connectivity index (χ0v) is 12.7. The van der Waals surface area contributed by atoms with Gasteiger partial charge in [-0.2, -0.15) is 5.26 Å². The van der Waals surface area contributed by atoms with Crippen LogP contribution in [0, 0.1) is 17.1 Å². The zero-order valence-electron chi connectivity index (χ0n) is 12.0. The Morgan fingerprint density at radius 2 is 1.91 bits per heavy atom. The molecule has 0 atom stereocenters. The third-order valence-corrected chi connectivity index (χ3v) is 3.51. The summed E-state index contributed by atoms with van der Waals surface area (Å²) in [6.45, 7) is 0. The number of benzene rings is 2. The first-order chi connectivity index (χ1) is 11.2. The normalized spacial score (nSPS) is 11.3. The predicted molar refractivity (Wildman–Crippen MR) is 89.0 cm³/mol. The van der Waals surface area contributed by atoms with Gasteiger partial charge < -0.3 is 4.42 Å². The van der Waals surface area contributed by atoms with E-state index in [0.717, 1.165) is 0 Å². The van der Waals surface area contributed by atoms with Crippen LogP contribution in [0.1, 0.15) is 11.3 Å². The second-order valence-corrected chi connectivity index (χ2v) is 5.33. The van der Waals surface area contributed by atoms with Crippen LogP contribution in [-0.4, -0.2) is 0 Å². The van der Waals surface area contributed by atoms with Crippen LogP contribution < -0.4 is 0 Å². The lowest BCUT2D eigenvalue weighted by molar-refractivity contribution is 0.570. The van der Waals surface area contributed by atoms with Gasteiger partial charge in [0.2, 0.25) is 0 Å². The van der Waals surface area contributed by atoms with Crippen molar-refractivity contribution in [2.24, 2.45) is 0 Å². The standard InChI is InChI=1S/C19H11ClFNO/c20-16-5-1-3-13(9-16)15(12-22)11-18-7-8-19(23-18)14-4-2-6-17(21)10-14/h1-11H/b15-11-. The van der Waals surface area contributed by atoms with Crippen LogP contribution in [0.2, 0.25) is 5.02 Å². The monoisotopic (exact) mass is 323 g/mol. The van der Waals surface area contributed by atoms with Crippen LogP contribution in [-0.2, 0) is 0 Å². The molecular weight excluding hydrogens is 313 g/mol. The highest BCUT2D eigenvalue weighted by Gasteiger charge is 2.07. The Hall–Kier alpha value is -2.83. The maximum absolute atomic E-state index is 13.3. The minimum atomic E-state index is -0.326. The molecule has 0 spiro atoms. The number of allylic oxidation sites excluding steroid dienone is 1. The van der Waals surface area contributed by atoms with Gasteiger partial charge in [0.25, 0.3) is 0 Å². The Morgan fingerprint density at radius 3 is 2.65 bits per heavy atom. The Balaban J connectivity index is 1.95. The molecule has 1 heterocycles. The molecule has 0 saturated carbocycles. The predicted octanol–water partition coefficient (Wildman–Crippen LogP) is 5.80. The number of halogens is 2. The van der Waals surface area contributed by atoms with Gasteiger partial charge in [0, 0.05) is 10.6 Å². The molecular formula is C19H11ClFNO. The van der Waals surface area contributed by atoms with Crippen molar-refractivity contribution < 1.29 is 8.81 Å². The lowest BCUT2D eigenvalue weighted by atomic mass is 10.1. The van der Waals surface area contributed by atoms with Crippen molar-refractivity contribution in [2.45, 2.75) is 0 Å². The maximum Gasteiger partial charge on any atom is 0.134 e. The first-order valence-corrected chi connectivity index (χ1v) is 7.27.